The normalized spacial score (nSPS) is 21.1. The number of carboxylic acid groups (broad SMARTS) is 1. The zero-order chi connectivity index (χ0) is 11.3. The van der Waals surface area contributed by atoms with Crippen LogP contribution < -0.4 is 0 Å². The van der Waals surface area contributed by atoms with E-state index < -0.39 is 5.97 Å². The first kappa shape index (κ1) is 11.8. The molecule has 0 aliphatic carbocycles. The Labute approximate surface area is 89.6 Å². The summed E-state index contributed by atoms with van der Waals surface area (Å²) in [5.74, 6) is -0.878. The van der Waals surface area contributed by atoms with Gasteiger partial charge in [-0.2, -0.15) is 0 Å². The fourth-order valence-corrected chi connectivity index (χ4v) is 2.00. The average molecular weight is 211 g/mol. The predicted molar refractivity (Wildman–Crippen MR) is 56.4 cm³/mol. The molecule has 1 N–H and O–H groups in total. The molecule has 84 valence electrons. The van der Waals surface area contributed by atoms with Crippen LogP contribution in [0.4, 0.5) is 0 Å². The zero-order valence-electron chi connectivity index (χ0n) is 8.82. The van der Waals surface area contributed by atoms with Crippen molar-refractivity contribution in [1.29, 1.82) is 0 Å². The first-order valence-electron chi connectivity index (χ1n) is 5.30. The molecular weight excluding hydrogens is 194 g/mol. The van der Waals surface area contributed by atoms with Crippen LogP contribution in [0.2, 0.25) is 0 Å². The molecule has 1 heterocycles. The Hall–Kier alpha value is -1.32. The molecule has 0 aromatic heterocycles. The third-order valence-corrected chi connectivity index (χ3v) is 2.78. The molecule has 1 aliphatic heterocycles. The smallest absolute Gasteiger partial charge is 0.303 e. The molecule has 4 nitrogen and oxygen atoms in total. The first-order chi connectivity index (χ1) is 7.15. The maximum absolute atomic E-state index is 11.5. The molecule has 1 amide bonds. The van der Waals surface area contributed by atoms with Gasteiger partial charge in [-0.15, -0.1) is 0 Å². The third kappa shape index (κ3) is 3.38. The Kier molecular flexibility index (Phi) is 4.34. The lowest BCUT2D eigenvalue weighted by Crippen LogP contribution is -2.43. The highest BCUT2D eigenvalue weighted by Gasteiger charge is 2.25. The SMILES string of the molecule is C=CC(=O)N1CCCCC1CCC(=O)O. The van der Waals surface area contributed by atoms with E-state index >= 15 is 0 Å². The van der Waals surface area contributed by atoms with Gasteiger partial charge < -0.3 is 10.0 Å². The van der Waals surface area contributed by atoms with E-state index in [9.17, 15) is 9.59 Å². The maximum Gasteiger partial charge on any atom is 0.303 e. The summed E-state index contributed by atoms with van der Waals surface area (Å²) in [6.07, 6.45) is 4.97. The number of carbonyl (C=O) groups excluding carboxylic acids is 1. The number of amides is 1. The molecular formula is C11H17NO3. The zero-order valence-corrected chi connectivity index (χ0v) is 8.82. The lowest BCUT2D eigenvalue weighted by molar-refractivity contribution is -0.138. The van der Waals surface area contributed by atoms with Crippen LogP contribution in [-0.4, -0.2) is 34.5 Å². The molecule has 0 saturated carbocycles. The average Bonchev–Trinajstić information content (AvgIpc) is 2.25. The van der Waals surface area contributed by atoms with Crippen molar-refractivity contribution in [2.45, 2.75) is 38.1 Å². The lowest BCUT2D eigenvalue weighted by atomic mass is 9.98. The monoisotopic (exact) mass is 211 g/mol. The fourth-order valence-electron chi connectivity index (χ4n) is 2.00. The Balaban J connectivity index is 2.53. The van der Waals surface area contributed by atoms with E-state index in [1.54, 1.807) is 4.90 Å². The molecule has 4 heteroatoms. The Morgan fingerprint density at radius 3 is 2.80 bits per heavy atom. The van der Waals surface area contributed by atoms with Crippen molar-refractivity contribution in [2.75, 3.05) is 6.54 Å². The number of rotatable bonds is 4. The fraction of sp³-hybridized carbons (Fsp3) is 0.636. The quantitative estimate of drug-likeness (QED) is 0.715. The van der Waals surface area contributed by atoms with Crippen LogP contribution in [0.5, 0.6) is 0 Å². The maximum atomic E-state index is 11.5. The summed E-state index contributed by atoms with van der Waals surface area (Å²) in [4.78, 5) is 23.7. The van der Waals surface area contributed by atoms with E-state index in [4.69, 9.17) is 5.11 Å². The minimum atomic E-state index is -0.799. The summed E-state index contributed by atoms with van der Waals surface area (Å²) >= 11 is 0. The highest BCUT2D eigenvalue weighted by Crippen LogP contribution is 2.21. The highest BCUT2D eigenvalue weighted by molar-refractivity contribution is 5.87. The topological polar surface area (TPSA) is 57.6 Å². The standard InChI is InChI=1S/C11H17NO3/c1-2-10(13)12-8-4-3-5-9(12)6-7-11(14)15/h2,9H,1,3-8H2,(H,14,15). The second-order valence-electron chi connectivity index (χ2n) is 3.82. The largest absolute Gasteiger partial charge is 0.481 e. The van der Waals surface area contributed by atoms with Gasteiger partial charge in [-0.3, -0.25) is 9.59 Å². The van der Waals surface area contributed by atoms with Gasteiger partial charge in [0.2, 0.25) is 5.91 Å². The molecule has 1 saturated heterocycles. The molecule has 1 aliphatic rings. The van der Waals surface area contributed by atoms with Gasteiger partial charge in [0.25, 0.3) is 0 Å². The number of carboxylic acids is 1. The summed E-state index contributed by atoms with van der Waals surface area (Å²) in [5, 5.41) is 8.60. The minimum Gasteiger partial charge on any atom is -0.481 e. The Morgan fingerprint density at radius 1 is 1.47 bits per heavy atom. The van der Waals surface area contributed by atoms with Gasteiger partial charge in [-0.25, -0.2) is 0 Å². The number of hydrogen-bond donors (Lipinski definition) is 1. The summed E-state index contributed by atoms with van der Waals surface area (Å²) < 4.78 is 0. The molecule has 0 spiro atoms. The second kappa shape index (κ2) is 5.53. The third-order valence-electron chi connectivity index (χ3n) is 2.78. The van der Waals surface area contributed by atoms with E-state index in [0.717, 1.165) is 25.8 Å². The Bertz CT molecular complexity index is 263. The predicted octanol–water partition coefficient (Wildman–Crippen LogP) is 1.42. The minimum absolute atomic E-state index is 0.0786. The number of aliphatic carboxylic acids is 1. The van der Waals surface area contributed by atoms with Crippen LogP contribution in [0.15, 0.2) is 12.7 Å². The van der Waals surface area contributed by atoms with Gasteiger partial charge in [-0.1, -0.05) is 6.58 Å². The van der Waals surface area contributed by atoms with Crippen LogP contribution >= 0.6 is 0 Å². The molecule has 15 heavy (non-hydrogen) atoms. The molecule has 0 aromatic carbocycles. The molecule has 1 unspecified atom stereocenters. The van der Waals surface area contributed by atoms with Crippen LogP contribution in [0.25, 0.3) is 0 Å². The molecule has 1 rings (SSSR count). The summed E-state index contributed by atoms with van der Waals surface area (Å²) in [5.41, 5.74) is 0. The lowest BCUT2D eigenvalue weighted by Gasteiger charge is -2.34. The van der Waals surface area contributed by atoms with E-state index in [2.05, 4.69) is 6.58 Å². The number of piperidine rings is 1. The number of hydrogen-bond acceptors (Lipinski definition) is 2. The van der Waals surface area contributed by atoms with Crippen molar-refractivity contribution in [1.82, 2.24) is 4.90 Å². The second-order valence-corrected chi connectivity index (χ2v) is 3.82. The van der Waals surface area contributed by atoms with Crippen molar-refractivity contribution in [3.63, 3.8) is 0 Å². The van der Waals surface area contributed by atoms with Gasteiger partial charge in [0, 0.05) is 19.0 Å². The Morgan fingerprint density at radius 2 is 2.20 bits per heavy atom. The number of carbonyl (C=O) groups is 2. The first-order valence-corrected chi connectivity index (χ1v) is 5.30. The number of likely N-dealkylation sites (tertiary alicyclic amines) is 1. The van der Waals surface area contributed by atoms with E-state index in [1.807, 2.05) is 0 Å². The molecule has 0 bridgehead atoms. The van der Waals surface area contributed by atoms with Gasteiger partial charge >= 0.3 is 5.97 Å². The van der Waals surface area contributed by atoms with Crippen LogP contribution in [0, 0.1) is 0 Å². The summed E-state index contributed by atoms with van der Waals surface area (Å²) in [7, 11) is 0. The summed E-state index contributed by atoms with van der Waals surface area (Å²) in [6, 6.07) is 0.0837. The summed E-state index contributed by atoms with van der Waals surface area (Å²) in [6.45, 7) is 4.19. The van der Waals surface area contributed by atoms with E-state index in [-0.39, 0.29) is 18.4 Å². The molecule has 0 radical (unpaired) electrons. The van der Waals surface area contributed by atoms with Gasteiger partial charge in [-0.05, 0) is 31.8 Å². The van der Waals surface area contributed by atoms with Crippen molar-refractivity contribution in [3.8, 4) is 0 Å². The van der Waals surface area contributed by atoms with Gasteiger partial charge in [0.1, 0.15) is 0 Å². The van der Waals surface area contributed by atoms with Crippen molar-refractivity contribution < 1.29 is 14.7 Å². The van der Waals surface area contributed by atoms with Gasteiger partial charge in [0.05, 0.1) is 0 Å². The molecule has 1 atom stereocenters. The van der Waals surface area contributed by atoms with E-state index in [0.29, 0.717) is 6.42 Å². The van der Waals surface area contributed by atoms with Gasteiger partial charge in [0.15, 0.2) is 0 Å². The van der Waals surface area contributed by atoms with Crippen molar-refractivity contribution in [3.05, 3.63) is 12.7 Å². The van der Waals surface area contributed by atoms with Crippen LogP contribution in [0.3, 0.4) is 0 Å². The van der Waals surface area contributed by atoms with Crippen LogP contribution in [-0.2, 0) is 9.59 Å². The molecule has 1 fully saturated rings. The number of nitrogens with zero attached hydrogens (tertiary/aromatic N) is 1. The van der Waals surface area contributed by atoms with E-state index in [1.165, 1.54) is 6.08 Å². The highest BCUT2D eigenvalue weighted by atomic mass is 16.4. The van der Waals surface area contributed by atoms with Crippen LogP contribution in [0.1, 0.15) is 32.1 Å². The van der Waals surface area contributed by atoms with Crippen molar-refractivity contribution >= 4 is 11.9 Å². The van der Waals surface area contributed by atoms with Crippen molar-refractivity contribution in [2.24, 2.45) is 0 Å². The molecule has 0 aromatic rings.